The standard InChI is InChI=1S/C9H17O/c1-8-2-4-9(5-3-8)6-7-10/h8-10H,1-7H2. The fourth-order valence-electron chi connectivity index (χ4n) is 1.70. The van der Waals surface area contributed by atoms with Gasteiger partial charge in [0.1, 0.15) is 0 Å². The van der Waals surface area contributed by atoms with E-state index in [4.69, 9.17) is 5.11 Å². The third kappa shape index (κ3) is 2.30. The topological polar surface area (TPSA) is 20.2 Å². The number of hydrogen-bond acceptors (Lipinski definition) is 1. The molecule has 1 aliphatic carbocycles. The summed E-state index contributed by atoms with van der Waals surface area (Å²) in [5.74, 6) is 1.48. The molecule has 0 aromatic rings. The molecular formula is C9H17O. The molecule has 1 fully saturated rings. The summed E-state index contributed by atoms with van der Waals surface area (Å²) >= 11 is 0. The van der Waals surface area contributed by atoms with Crippen molar-refractivity contribution in [3.05, 3.63) is 6.92 Å². The lowest BCUT2D eigenvalue weighted by Gasteiger charge is -2.25. The van der Waals surface area contributed by atoms with Crippen LogP contribution in [0.5, 0.6) is 0 Å². The molecule has 1 saturated carbocycles. The van der Waals surface area contributed by atoms with Crippen molar-refractivity contribution < 1.29 is 5.11 Å². The third-order valence-electron chi connectivity index (χ3n) is 2.50. The first-order valence-electron chi connectivity index (χ1n) is 4.27. The second-order valence-electron chi connectivity index (χ2n) is 3.40. The Morgan fingerprint density at radius 3 is 2.30 bits per heavy atom. The Balaban J connectivity index is 2.13. The van der Waals surface area contributed by atoms with Crippen LogP contribution in [-0.4, -0.2) is 11.7 Å². The Bertz CT molecular complexity index is 82.7. The number of hydrogen-bond donors (Lipinski definition) is 1. The quantitative estimate of drug-likeness (QED) is 0.623. The van der Waals surface area contributed by atoms with Crippen molar-refractivity contribution in [2.75, 3.05) is 6.61 Å². The molecule has 1 rings (SSSR count). The number of aliphatic hydroxyl groups excluding tert-OH is 1. The van der Waals surface area contributed by atoms with Gasteiger partial charge < -0.3 is 5.11 Å². The Kier molecular flexibility index (Phi) is 3.20. The first-order chi connectivity index (χ1) is 4.83. The second-order valence-corrected chi connectivity index (χ2v) is 3.40. The lowest BCUT2D eigenvalue weighted by molar-refractivity contribution is 0.217. The SMILES string of the molecule is [CH2]C1CCC(CCO)CC1. The molecule has 0 aromatic carbocycles. The first-order valence-corrected chi connectivity index (χ1v) is 4.27. The summed E-state index contributed by atoms with van der Waals surface area (Å²) in [5, 5.41) is 8.67. The van der Waals surface area contributed by atoms with Gasteiger partial charge in [-0.15, -0.1) is 0 Å². The van der Waals surface area contributed by atoms with Crippen LogP contribution < -0.4 is 0 Å². The van der Waals surface area contributed by atoms with E-state index in [2.05, 4.69) is 6.92 Å². The summed E-state index contributed by atoms with van der Waals surface area (Å²) in [6.07, 6.45) is 6.12. The average Bonchev–Trinajstić information content (AvgIpc) is 1.95. The molecule has 0 aliphatic heterocycles. The summed E-state index contributed by atoms with van der Waals surface area (Å²) < 4.78 is 0. The molecule has 1 N–H and O–H groups in total. The highest BCUT2D eigenvalue weighted by atomic mass is 16.3. The van der Waals surface area contributed by atoms with Gasteiger partial charge >= 0.3 is 0 Å². The van der Waals surface area contributed by atoms with Crippen LogP contribution in [0.25, 0.3) is 0 Å². The van der Waals surface area contributed by atoms with Crippen LogP contribution in [0.15, 0.2) is 0 Å². The Labute approximate surface area is 63.4 Å². The van der Waals surface area contributed by atoms with Crippen molar-refractivity contribution in [1.82, 2.24) is 0 Å². The molecule has 0 atom stereocenters. The lowest BCUT2D eigenvalue weighted by atomic mass is 9.82. The summed E-state index contributed by atoms with van der Waals surface area (Å²) in [7, 11) is 0. The zero-order valence-corrected chi connectivity index (χ0v) is 6.55. The van der Waals surface area contributed by atoms with Gasteiger partial charge in [0.25, 0.3) is 0 Å². The summed E-state index contributed by atoms with van der Waals surface area (Å²) in [5.41, 5.74) is 0. The van der Waals surface area contributed by atoms with Crippen molar-refractivity contribution in [2.24, 2.45) is 11.8 Å². The largest absolute Gasteiger partial charge is 0.396 e. The monoisotopic (exact) mass is 141 g/mol. The second kappa shape index (κ2) is 3.97. The molecule has 59 valence electrons. The molecule has 0 amide bonds. The van der Waals surface area contributed by atoms with Crippen molar-refractivity contribution in [3.8, 4) is 0 Å². The number of rotatable bonds is 2. The molecule has 0 bridgehead atoms. The van der Waals surface area contributed by atoms with Crippen molar-refractivity contribution in [2.45, 2.75) is 32.1 Å². The number of aliphatic hydroxyl groups is 1. The van der Waals surface area contributed by atoms with Gasteiger partial charge in [0, 0.05) is 6.61 Å². The van der Waals surface area contributed by atoms with E-state index in [9.17, 15) is 0 Å². The van der Waals surface area contributed by atoms with E-state index >= 15 is 0 Å². The maximum Gasteiger partial charge on any atom is 0.0433 e. The molecule has 0 unspecified atom stereocenters. The molecule has 0 saturated heterocycles. The summed E-state index contributed by atoms with van der Waals surface area (Å²) in [6, 6.07) is 0. The molecule has 0 heterocycles. The molecule has 1 aliphatic rings. The fourth-order valence-corrected chi connectivity index (χ4v) is 1.70. The van der Waals surface area contributed by atoms with Crippen LogP contribution >= 0.6 is 0 Å². The highest BCUT2D eigenvalue weighted by Gasteiger charge is 2.16. The fraction of sp³-hybridized carbons (Fsp3) is 0.889. The molecule has 1 nitrogen and oxygen atoms in total. The normalized spacial score (nSPS) is 34.2. The smallest absolute Gasteiger partial charge is 0.0433 e. The highest BCUT2D eigenvalue weighted by Crippen LogP contribution is 2.29. The van der Waals surface area contributed by atoms with Gasteiger partial charge in [-0.1, -0.05) is 32.6 Å². The van der Waals surface area contributed by atoms with Gasteiger partial charge in [-0.25, -0.2) is 0 Å². The summed E-state index contributed by atoms with van der Waals surface area (Å²) in [6.45, 7) is 4.40. The summed E-state index contributed by atoms with van der Waals surface area (Å²) in [4.78, 5) is 0. The zero-order chi connectivity index (χ0) is 7.40. The first kappa shape index (κ1) is 8.06. The van der Waals surface area contributed by atoms with E-state index in [0.29, 0.717) is 12.5 Å². The molecule has 1 heteroatoms. The van der Waals surface area contributed by atoms with Gasteiger partial charge in [-0.3, -0.25) is 0 Å². The molecular weight excluding hydrogens is 124 g/mol. The van der Waals surface area contributed by atoms with Gasteiger partial charge in [0.2, 0.25) is 0 Å². The van der Waals surface area contributed by atoms with Crippen LogP contribution in [-0.2, 0) is 0 Å². The maximum atomic E-state index is 8.67. The van der Waals surface area contributed by atoms with Crippen LogP contribution in [0.4, 0.5) is 0 Å². The Morgan fingerprint density at radius 1 is 1.20 bits per heavy atom. The van der Waals surface area contributed by atoms with Gasteiger partial charge in [0.05, 0.1) is 0 Å². The maximum absolute atomic E-state index is 8.67. The van der Waals surface area contributed by atoms with Crippen LogP contribution in [0.3, 0.4) is 0 Å². The highest BCUT2D eigenvalue weighted by molar-refractivity contribution is 4.73. The van der Waals surface area contributed by atoms with Crippen LogP contribution in [0.1, 0.15) is 32.1 Å². The van der Waals surface area contributed by atoms with E-state index in [-0.39, 0.29) is 0 Å². The Morgan fingerprint density at radius 2 is 1.80 bits per heavy atom. The molecule has 1 radical (unpaired) electrons. The van der Waals surface area contributed by atoms with Gasteiger partial charge in [-0.05, 0) is 18.3 Å². The molecule has 10 heavy (non-hydrogen) atoms. The third-order valence-corrected chi connectivity index (χ3v) is 2.50. The van der Waals surface area contributed by atoms with Gasteiger partial charge in [0.15, 0.2) is 0 Å². The van der Waals surface area contributed by atoms with E-state index in [1.807, 2.05) is 0 Å². The Hall–Kier alpha value is -0.0400. The van der Waals surface area contributed by atoms with E-state index < -0.39 is 0 Å². The van der Waals surface area contributed by atoms with E-state index in [1.165, 1.54) is 25.7 Å². The van der Waals surface area contributed by atoms with Crippen molar-refractivity contribution >= 4 is 0 Å². The molecule has 0 aromatic heterocycles. The minimum Gasteiger partial charge on any atom is -0.396 e. The minimum absolute atomic E-state index is 0.368. The van der Waals surface area contributed by atoms with Crippen molar-refractivity contribution in [1.29, 1.82) is 0 Å². The lowest BCUT2D eigenvalue weighted by Crippen LogP contribution is -2.13. The predicted octanol–water partition coefficient (Wildman–Crippen LogP) is 2.01. The van der Waals surface area contributed by atoms with Gasteiger partial charge in [-0.2, -0.15) is 0 Å². The van der Waals surface area contributed by atoms with Crippen molar-refractivity contribution in [3.63, 3.8) is 0 Å². The molecule has 0 spiro atoms. The average molecular weight is 141 g/mol. The zero-order valence-electron chi connectivity index (χ0n) is 6.55. The van der Waals surface area contributed by atoms with E-state index in [1.54, 1.807) is 0 Å². The minimum atomic E-state index is 0.368. The van der Waals surface area contributed by atoms with Crippen LogP contribution in [0.2, 0.25) is 0 Å². The predicted molar refractivity (Wildman–Crippen MR) is 42.5 cm³/mol. The van der Waals surface area contributed by atoms with Crippen LogP contribution in [0, 0.1) is 18.8 Å². The van der Waals surface area contributed by atoms with E-state index in [0.717, 1.165) is 12.3 Å².